The van der Waals surface area contributed by atoms with Gasteiger partial charge in [0.2, 0.25) is 0 Å². The number of rotatable bonds is 1. The molecule has 0 aromatic carbocycles. The first kappa shape index (κ1) is 6.47. The number of aromatic nitrogens is 1. The molecule has 0 saturated heterocycles. The van der Waals surface area contributed by atoms with Crippen LogP contribution in [0, 0.1) is 16.2 Å². The zero-order valence-corrected chi connectivity index (χ0v) is 4.81. The monoisotopic (exact) mass is 139 g/mol. The van der Waals surface area contributed by atoms with E-state index in [9.17, 15) is 10.1 Å². The summed E-state index contributed by atoms with van der Waals surface area (Å²) in [6.45, 7) is 0. The van der Waals surface area contributed by atoms with Crippen molar-refractivity contribution in [3.63, 3.8) is 0 Å². The third-order valence-electron chi connectivity index (χ3n) is 0.886. The Morgan fingerprint density at radius 1 is 1.80 bits per heavy atom. The van der Waals surface area contributed by atoms with Crippen molar-refractivity contribution in [3.8, 4) is 5.88 Å². The topological polar surface area (TPSA) is 76.3 Å². The first-order valence-electron chi connectivity index (χ1n) is 2.42. The summed E-state index contributed by atoms with van der Waals surface area (Å²) in [5.41, 5.74) is -0.498. The average molecular weight is 139 g/mol. The van der Waals surface area contributed by atoms with E-state index in [4.69, 9.17) is 5.11 Å². The molecule has 0 bridgehead atoms. The third-order valence-corrected chi connectivity index (χ3v) is 0.886. The quantitative estimate of drug-likeness (QED) is 0.453. The number of hydrogen-bond donors (Lipinski definition) is 1. The highest BCUT2D eigenvalue weighted by molar-refractivity contribution is 5.36. The van der Waals surface area contributed by atoms with Crippen molar-refractivity contribution in [1.29, 1.82) is 0 Å². The summed E-state index contributed by atoms with van der Waals surface area (Å²) in [7, 11) is 0. The van der Waals surface area contributed by atoms with Gasteiger partial charge in [-0.15, -0.1) is 0 Å². The van der Waals surface area contributed by atoms with Crippen LogP contribution in [-0.4, -0.2) is 15.0 Å². The van der Waals surface area contributed by atoms with E-state index >= 15 is 0 Å². The number of aromatic hydroxyl groups is 1. The van der Waals surface area contributed by atoms with E-state index in [2.05, 4.69) is 11.1 Å². The fourth-order valence-electron chi connectivity index (χ4n) is 0.484. The fourth-order valence-corrected chi connectivity index (χ4v) is 0.484. The van der Waals surface area contributed by atoms with Crippen LogP contribution in [0.1, 0.15) is 0 Å². The molecule has 0 spiro atoms. The van der Waals surface area contributed by atoms with Crippen LogP contribution in [0.4, 0.5) is 5.69 Å². The van der Waals surface area contributed by atoms with Gasteiger partial charge in [0.1, 0.15) is 0 Å². The highest BCUT2D eigenvalue weighted by Gasteiger charge is 2.11. The number of pyridine rings is 1. The van der Waals surface area contributed by atoms with E-state index in [1.54, 1.807) is 0 Å². The van der Waals surface area contributed by atoms with E-state index in [-0.39, 0.29) is 0 Å². The van der Waals surface area contributed by atoms with Crippen LogP contribution in [0.15, 0.2) is 12.3 Å². The number of nitro groups is 1. The second-order valence-corrected chi connectivity index (χ2v) is 1.52. The highest BCUT2D eigenvalue weighted by Crippen LogP contribution is 2.19. The maximum Gasteiger partial charge on any atom is 0.338 e. The predicted molar refractivity (Wildman–Crippen MR) is 31.4 cm³/mol. The van der Waals surface area contributed by atoms with Gasteiger partial charge < -0.3 is 5.11 Å². The Kier molecular flexibility index (Phi) is 1.49. The fraction of sp³-hybridized carbons (Fsp3) is 0. The summed E-state index contributed by atoms with van der Waals surface area (Å²) in [6, 6.07) is 3.49. The molecular formula is C5H3N2O3. The van der Waals surface area contributed by atoms with Crippen LogP contribution in [0.2, 0.25) is 0 Å². The van der Waals surface area contributed by atoms with Crippen LogP contribution < -0.4 is 0 Å². The molecule has 1 radical (unpaired) electrons. The van der Waals surface area contributed by atoms with Crippen molar-refractivity contribution < 1.29 is 10.0 Å². The smallest absolute Gasteiger partial charge is 0.338 e. The summed E-state index contributed by atoms with van der Waals surface area (Å²) in [6.07, 6.45) is 1.22. The van der Waals surface area contributed by atoms with Crippen LogP contribution in [0.25, 0.3) is 0 Å². The van der Waals surface area contributed by atoms with E-state index in [1.807, 2.05) is 0 Å². The van der Waals surface area contributed by atoms with Gasteiger partial charge in [-0.1, -0.05) is 0 Å². The molecule has 1 aromatic rings. The van der Waals surface area contributed by atoms with Gasteiger partial charge in [0, 0.05) is 6.20 Å². The Bertz CT molecular complexity index is 261. The van der Waals surface area contributed by atoms with Gasteiger partial charge in [-0.2, -0.15) is 0 Å². The van der Waals surface area contributed by atoms with Gasteiger partial charge in [0.15, 0.2) is 0 Å². The lowest BCUT2D eigenvalue weighted by Crippen LogP contribution is -1.89. The van der Waals surface area contributed by atoms with Gasteiger partial charge >= 0.3 is 5.69 Å². The zero-order valence-electron chi connectivity index (χ0n) is 4.81. The lowest BCUT2D eigenvalue weighted by atomic mass is 10.4. The zero-order chi connectivity index (χ0) is 7.56. The standard InChI is InChI=1S/C5H3N2O3/c8-5-4(7(9)10)2-1-3-6-5/h1,3H,(H,6,8). The third kappa shape index (κ3) is 1.02. The molecule has 0 saturated carbocycles. The molecule has 0 unspecified atom stereocenters. The number of nitrogens with zero attached hydrogens (tertiary/aromatic N) is 2. The Balaban J connectivity index is 3.15. The van der Waals surface area contributed by atoms with Gasteiger partial charge in [-0.25, -0.2) is 4.98 Å². The first-order chi connectivity index (χ1) is 4.72. The lowest BCUT2D eigenvalue weighted by molar-refractivity contribution is -0.386. The normalized spacial score (nSPS) is 9.20. The predicted octanol–water partition coefficient (Wildman–Crippen LogP) is 0.496. The van der Waals surface area contributed by atoms with Gasteiger partial charge in [0.25, 0.3) is 5.88 Å². The summed E-state index contributed by atoms with van der Waals surface area (Å²) in [5, 5.41) is 18.7. The minimum atomic E-state index is -0.748. The SMILES string of the molecule is O=[N+]([O-])c1[c]ccnc1O. The molecular weight excluding hydrogens is 136 g/mol. The molecule has 5 nitrogen and oxygen atoms in total. The maximum absolute atomic E-state index is 10.00. The molecule has 0 aliphatic heterocycles. The van der Waals surface area contributed by atoms with Gasteiger partial charge in [0.05, 0.1) is 11.0 Å². The van der Waals surface area contributed by atoms with Crippen LogP contribution in [-0.2, 0) is 0 Å². The van der Waals surface area contributed by atoms with E-state index in [1.165, 1.54) is 12.3 Å². The maximum atomic E-state index is 10.00. The largest absolute Gasteiger partial charge is 0.488 e. The van der Waals surface area contributed by atoms with Crippen LogP contribution in [0.3, 0.4) is 0 Å². The molecule has 1 rings (SSSR count). The van der Waals surface area contributed by atoms with Gasteiger partial charge in [-0.3, -0.25) is 10.1 Å². The molecule has 10 heavy (non-hydrogen) atoms. The van der Waals surface area contributed by atoms with Crippen molar-refractivity contribution in [1.82, 2.24) is 4.98 Å². The minimum Gasteiger partial charge on any atom is -0.488 e. The summed E-state index contributed by atoms with van der Waals surface area (Å²) in [5.74, 6) is -0.604. The molecule has 0 aliphatic carbocycles. The Hall–Kier alpha value is -1.65. The highest BCUT2D eigenvalue weighted by atomic mass is 16.6. The van der Waals surface area contributed by atoms with Crippen molar-refractivity contribution in [2.24, 2.45) is 0 Å². The Labute approximate surface area is 56.1 Å². The molecule has 0 aliphatic rings. The lowest BCUT2D eigenvalue weighted by Gasteiger charge is -1.89. The molecule has 51 valence electrons. The molecule has 5 heteroatoms. The second kappa shape index (κ2) is 2.30. The Morgan fingerprint density at radius 2 is 2.50 bits per heavy atom. The first-order valence-corrected chi connectivity index (χ1v) is 2.42. The van der Waals surface area contributed by atoms with Crippen LogP contribution in [0.5, 0.6) is 5.88 Å². The van der Waals surface area contributed by atoms with Crippen molar-refractivity contribution >= 4 is 5.69 Å². The van der Waals surface area contributed by atoms with Crippen molar-refractivity contribution in [2.75, 3.05) is 0 Å². The Morgan fingerprint density at radius 3 is 2.90 bits per heavy atom. The van der Waals surface area contributed by atoms with Crippen LogP contribution >= 0.6 is 0 Å². The van der Waals surface area contributed by atoms with Crippen molar-refractivity contribution in [3.05, 3.63) is 28.4 Å². The number of hydrogen-bond acceptors (Lipinski definition) is 4. The molecule has 0 amide bonds. The molecule has 0 fully saturated rings. The van der Waals surface area contributed by atoms with Crippen molar-refractivity contribution in [2.45, 2.75) is 0 Å². The summed E-state index contributed by atoms with van der Waals surface area (Å²) >= 11 is 0. The summed E-state index contributed by atoms with van der Waals surface area (Å²) in [4.78, 5) is 12.5. The molecule has 1 aromatic heterocycles. The minimum absolute atomic E-state index is 0.498. The molecule has 0 atom stereocenters. The van der Waals surface area contributed by atoms with Gasteiger partial charge in [-0.05, 0) is 6.07 Å². The second-order valence-electron chi connectivity index (χ2n) is 1.52. The van der Waals surface area contributed by atoms with E-state index < -0.39 is 16.5 Å². The van der Waals surface area contributed by atoms with E-state index in [0.717, 1.165) is 0 Å². The molecule has 1 N–H and O–H groups in total. The summed E-state index contributed by atoms with van der Waals surface area (Å²) < 4.78 is 0. The average Bonchev–Trinajstić information content (AvgIpc) is 1.88. The van der Waals surface area contributed by atoms with E-state index in [0.29, 0.717) is 0 Å². The molecule has 1 heterocycles.